The van der Waals surface area contributed by atoms with Gasteiger partial charge >= 0.3 is 12.4 Å². The second kappa shape index (κ2) is 4.22. The topological polar surface area (TPSA) is 47.6 Å². The zero-order valence-corrected chi connectivity index (χ0v) is 8.32. The zero-order chi connectivity index (χ0) is 14.1. The lowest BCUT2D eigenvalue weighted by molar-refractivity contribution is -0.143. The van der Waals surface area contributed by atoms with Crippen LogP contribution in [0.4, 0.5) is 26.3 Å². The van der Waals surface area contributed by atoms with Crippen molar-refractivity contribution in [2.24, 2.45) is 0 Å². The SMILES string of the molecule is N#Cc1cc(C(F)(F)F)c(C#N)c(C(F)(F)F)c1. The molecule has 0 atom stereocenters. The van der Waals surface area contributed by atoms with Gasteiger partial charge in [0.25, 0.3) is 0 Å². The summed E-state index contributed by atoms with van der Waals surface area (Å²) in [5.41, 5.74) is -5.88. The highest BCUT2D eigenvalue weighted by atomic mass is 19.4. The highest BCUT2D eigenvalue weighted by Gasteiger charge is 2.41. The number of alkyl halides is 6. The highest BCUT2D eigenvalue weighted by Crippen LogP contribution is 2.39. The van der Waals surface area contributed by atoms with Crippen molar-refractivity contribution in [3.63, 3.8) is 0 Å². The van der Waals surface area contributed by atoms with E-state index in [9.17, 15) is 26.3 Å². The quantitative estimate of drug-likeness (QED) is 0.673. The van der Waals surface area contributed by atoms with Crippen LogP contribution in [0.25, 0.3) is 0 Å². The number of rotatable bonds is 0. The first-order valence-electron chi connectivity index (χ1n) is 4.24. The van der Waals surface area contributed by atoms with E-state index in [1.165, 1.54) is 6.07 Å². The van der Waals surface area contributed by atoms with Gasteiger partial charge < -0.3 is 0 Å². The maximum absolute atomic E-state index is 12.5. The lowest BCUT2D eigenvalue weighted by Crippen LogP contribution is -2.15. The predicted molar refractivity (Wildman–Crippen MR) is 45.9 cm³/mol. The minimum Gasteiger partial charge on any atom is -0.192 e. The molecule has 0 spiro atoms. The minimum absolute atomic E-state index is 0.216. The van der Waals surface area contributed by atoms with Gasteiger partial charge in [-0.1, -0.05) is 0 Å². The Morgan fingerprint density at radius 1 is 0.778 bits per heavy atom. The van der Waals surface area contributed by atoms with Gasteiger partial charge in [0.2, 0.25) is 0 Å². The molecule has 1 rings (SSSR count). The molecule has 0 aromatic heterocycles. The van der Waals surface area contributed by atoms with Crippen molar-refractivity contribution in [2.75, 3.05) is 0 Å². The van der Waals surface area contributed by atoms with Crippen molar-refractivity contribution < 1.29 is 26.3 Å². The number of halogens is 6. The van der Waals surface area contributed by atoms with Crippen molar-refractivity contribution in [2.45, 2.75) is 12.4 Å². The Kier molecular flexibility index (Phi) is 3.25. The molecule has 0 bridgehead atoms. The number of benzene rings is 1. The smallest absolute Gasteiger partial charge is 0.192 e. The van der Waals surface area contributed by atoms with Crippen LogP contribution in [-0.2, 0) is 12.4 Å². The van der Waals surface area contributed by atoms with E-state index in [4.69, 9.17) is 10.5 Å². The molecule has 1 aromatic rings. The average Bonchev–Trinajstić information content (AvgIpc) is 2.24. The molecule has 0 aliphatic carbocycles. The summed E-state index contributed by atoms with van der Waals surface area (Å²) < 4.78 is 75.0. The zero-order valence-electron chi connectivity index (χ0n) is 8.32. The average molecular weight is 264 g/mol. The van der Waals surface area contributed by atoms with E-state index in [0.29, 0.717) is 0 Å². The maximum atomic E-state index is 12.5. The molecule has 0 N–H and O–H groups in total. The Labute approximate surface area is 96.7 Å². The van der Waals surface area contributed by atoms with Gasteiger partial charge in [0.05, 0.1) is 28.3 Å². The molecule has 0 amide bonds. The van der Waals surface area contributed by atoms with Crippen molar-refractivity contribution >= 4 is 0 Å². The summed E-state index contributed by atoms with van der Waals surface area (Å²) in [6.07, 6.45) is -10.3. The van der Waals surface area contributed by atoms with Crippen molar-refractivity contribution in [3.05, 3.63) is 34.4 Å². The van der Waals surface area contributed by atoms with Crippen LogP contribution < -0.4 is 0 Å². The van der Waals surface area contributed by atoms with E-state index < -0.39 is 34.6 Å². The molecule has 8 heteroatoms. The predicted octanol–water partition coefficient (Wildman–Crippen LogP) is 3.47. The van der Waals surface area contributed by atoms with Crippen LogP contribution in [0.1, 0.15) is 22.3 Å². The van der Waals surface area contributed by atoms with Crippen LogP contribution in [0.2, 0.25) is 0 Å². The molecule has 0 heterocycles. The molecular formula is C10H2F6N2. The molecular weight excluding hydrogens is 262 g/mol. The molecule has 2 nitrogen and oxygen atoms in total. The fourth-order valence-corrected chi connectivity index (χ4v) is 1.27. The fourth-order valence-electron chi connectivity index (χ4n) is 1.27. The van der Waals surface area contributed by atoms with Crippen molar-refractivity contribution in [3.8, 4) is 12.1 Å². The van der Waals surface area contributed by atoms with Gasteiger partial charge in [0.1, 0.15) is 6.07 Å². The summed E-state index contributed by atoms with van der Waals surface area (Å²) in [4.78, 5) is 0. The molecule has 0 aliphatic rings. The Balaban J connectivity index is 3.75. The highest BCUT2D eigenvalue weighted by molar-refractivity contribution is 5.52. The summed E-state index contributed by atoms with van der Waals surface area (Å²) in [7, 11) is 0. The Morgan fingerprint density at radius 2 is 1.17 bits per heavy atom. The maximum Gasteiger partial charge on any atom is 0.417 e. The van der Waals surface area contributed by atoms with E-state index in [1.807, 2.05) is 0 Å². The number of nitriles is 2. The monoisotopic (exact) mass is 264 g/mol. The Hall–Kier alpha value is -2.22. The van der Waals surface area contributed by atoms with Gasteiger partial charge in [-0.15, -0.1) is 0 Å². The van der Waals surface area contributed by atoms with Gasteiger partial charge in [-0.25, -0.2) is 0 Å². The second-order valence-electron chi connectivity index (χ2n) is 3.17. The van der Waals surface area contributed by atoms with Gasteiger partial charge in [0.15, 0.2) is 0 Å². The first kappa shape index (κ1) is 13.8. The summed E-state index contributed by atoms with van der Waals surface area (Å²) in [6.45, 7) is 0. The molecule has 1 aromatic carbocycles. The van der Waals surface area contributed by atoms with E-state index in [1.54, 1.807) is 0 Å². The van der Waals surface area contributed by atoms with Gasteiger partial charge in [0, 0.05) is 0 Å². The first-order valence-corrected chi connectivity index (χ1v) is 4.24. The Morgan fingerprint density at radius 3 is 1.39 bits per heavy atom. The lowest BCUT2D eigenvalue weighted by atomic mass is 9.98. The number of hydrogen-bond acceptors (Lipinski definition) is 2. The lowest BCUT2D eigenvalue weighted by Gasteiger charge is -2.14. The first-order chi connectivity index (χ1) is 8.11. The summed E-state index contributed by atoms with van der Waals surface area (Å²) in [5.74, 6) is 0. The van der Waals surface area contributed by atoms with Crippen LogP contribution in [0, 0.1) is 22.7 Å². The normalized spacial score (nSPS) is 11.8. The van der Waals surface area contributed by atoms with Crippen LogP contribution in [0.15, 0.2) is 12.1 Å². The third-order valence-electron chi connectivity index (χ3n) is 1.99. The standard InChI is InChI=1S/C10H2F6N2/c11-9(12,13)7-1-5(3-17)2-8(6(7)4-18)10(14,15)16/h1-2H. The summed E-state index contributed by atoms with van der Waals surface area (Å²) in [6, 6.07) is 2.51. The minimum atomic E-state index is -5.14. The molecule has 18 heavy (non-hydrogen) atoms. The van der Waals surface area contributed by atoms with E-state index >= 15 is 0 Å². The van der Waals surface area contributed by atoms with E-state index in [2.05, 4.69) is 0 Å². The summed E-state index contributed by atoms with van der Waals surface area (Å²) in [5, 5.41) is 16.9. The van der Waals surface area contributed by atoms with Crippen LogP contribution in [-0.4, -0.2) is 0 Å². The van der Waals surface area contributed by atoms with E-state index in [-0.39, 0.29) is 12.1 Å². The van der Waals surface area contributed by atoms with E-state index in [0.717, 1.165) is 6.07 Å². The molecule has 0 fully saturated rings. The van der Waals surface area contributed by atoms with Crippen LogP contribution in [0.3, 0.4) is 0 Å². The second-order valence-corrected chi connectivity index (χ2v) is 3.17. The van der Waals surface area contributed by atoms with Crippen LogP contribution in [0.5, 0.6) is 0 Å². The molecule has 0 unspecified atom stereocenters. The number of hydrogen-bond donors (Lipinski definition) is 0. The van der Waals surface area contributed by atoms with Crippen molar-refractivity contribution in [1.82, 2.24) is 0 Å². The summed E-state index contributed by atoms with van der Waals surface area (Å²) >= 11 is 0. The largest absolute Gasteiger partial charge is 0.417 e. The number of nitrogens with zero attached hydrogens (tertiary/aromatic N) is 2. The third kappa shape index (κ3) is 2.54. The van der Waals surface area contributed by atoms with Crippen molar-refractivity contribution in [1.29, 1.82) is 10.5 Å². The van der Waals surface area contributed by atoms with Gasteiger partial charge in [-0.3, -0.25) is 0 Å². The molecule has 94 valence electrons. The molecule has 0 aliphatic heterocycles. The molecule has 0 radical (unpaired) electrons. The van der Waals surface area contributed by atoms with Gasteiger partial charge in [-0.2, -0.15) is 36.9 Å². The third-order valence-corrected chi connectivity index (χ3v) is 1.99. The van der Waals surface area contributed by atoms with Crippen LogP contribution >= 0.6 is 0 Å². The fraction of sp³-hybridized carbons (Fsp3) is 0.200. The van der Waals surface area contributed by atoms with Gasteiger partial charge in [-0.05, 0) is 12.1 Å². The molecule has 0 saturated heterocycles. The molecule has 0 saturated carbocycles. The Bertz CT molecular complexity index is 521.